The summed E-state index contributed by atoms with van der Waals surface area (Å²) in [4.78, 5) is 34.8. The molecule has 36 heavy (non-hydrogen) atoms. The second kappa shape index (κ2) is 9.57. The van der Waals surface area contributed by atoms with Crippen LogP contribution in [0.5, 0.6) is 0 Å². The van der Waals surface area contributed by atoms with Crippen LogP contribution in [0.15, 0.2) is 48.8 Å². The van der Waals surface area contributed by atoms with Crippen LogP contribution >= 0.6 is 11.6 Å². The molecule has 0 bridgehead atoms. The van der Waals surface area contributed by atoms with E-state index < -0.39 is 29.4 Å². The molecule has 186 valence electrons. The molecule has 3 heterocycles. The topological polar surface area (TPSA) is 102 Å². The summed E-state index contributed by atoms with van der Waals surface area (Å²) in [6, 6.07) is 8.28. The van der Waals surface area contributed by atoms with Crippen molar-refractivity contribution in [3.63, 3.8) is 0 Å². The molecule has 0 spiro atoms. The standard InChI is InChI=1S/C24H20ClF3N6O2/c1-12(2)31-23(36)19-14-6-4-8-29-16(14)10-13(3)20(19)32-22(35)17-11-18(24(26,27)28)33-34(17)21-15(25)7-5-9-30-21/h4-12H,1-3H3,(H,31,36)(H,32,35). The number of hydrogen-bond acceptors (Lipinski definition) is 5. The zero-order valence-corrected chi connectivity index (χ0v) is 20.1. The van der Waals surface area contributed by atoms with Gasteiger partial charge >= 0.3 is 6.18 Å². The first-order valence-electron chi connectivity index (χ1n) is 10.8. The monoisotopic (exact) mass is 516 g/mol. The highest BCUT2D eigenvalue weighted by molar-refractivity contribution is 6.32. The molecule has 12 heteroatoms. The van der Waals surface area contributed by atoms with E-state index in [0.29, 0.717) is 22.5 Å². The van der Waals surface area contributed by atoms with E-state index in [-0.39, 0.29) is 28.1 Å². The van der Waals surface area contributed by atoms with Crippen LogP contribution in [0.4, 0.5) is 18.9 Å². The van der Waals surface area contributed by atoms with Crippen molar-refractivity contribution in [2.24, 2.45) is 0 Å². The molecule has 0 aliphatic rings. The quantitative estimate of drug-likeness (QED) is 0.380. The van der Waals surface area contributed by atoms with Crippen molar-refractivity contribution in [2.45, 2.75) is 33.0 Å². The minimum Gasteiger partial charge on any atom is -0.350 e. The summed E-state index contributed by atoms with van der Waals surface area (Å²) >= 11 is 6.13. The van der Waals surface area contributed by atoms with Crippen LogP contribution in [0.2, 0.25) is 5.02 Å². The van der Waals surface area contributed by atoms with Crippen LogP contribution in [0, 0.1) is 6.92 Å². The molecule has 2 N–H and O–H groups in total. The number of halogens is 4. The van der Waals surface area contributed by atoms with Crippen molar-refractivity contribution >= 4 is 40.0 Å². The van der Waals surface area contributed by atoms with Crippen molar-refractivity contribution in [3.05, 3.63) is 76.3 Å². The number of benzene rings is 1. The number of aromatic nitrogens is 4. The summed E-state index contributed by atoms with van der Waals surface area (Å²) in [5, 5.41) is 9.40. The minimum atomic E-state index is -4.83. The van der Waals surface area contributed by atoms with Crippen LogP contribution in [0.3, 0.4) is 0 Å². The molecule has 0 aliphatic carbocycles. The normalized spacial score (nSPS) is 11.7. The van der Waals surface area contributed by atoms with E-state index in [1.165, 1.54) is 18.3 Å². The molecule has 0 aliphatic heterocycles. The third-order valence-corrected chi connectivity index (χ3v) is 5.46. The van der Waals surface area contributed by atoms with E-state index in [2.05, 4.69) is 25.7 Å². The summed E-state index contributed by atoms with van der Waals surface area (Å²) in [7, 11) is 0. The molecule has 2 amide bonds. The summed E-state index contributed by atoms with van der Waals surface area (Å²) in [5.41, 5.74) is -0.492. The highest BCUT2D eigenvalue weighted by Crippen LogP contribution is 2.32. The number of nitrogens with one attached hydrogen (secondary N) is 2. The lowest BCUT2D eigenvalue weighted by molar-refractivity contribution is -0.141. The van der Waals surface area contributed by atoms with Crippen LogP contribution in [-0.2, 0) is 6.18 Å². The van der Waals surface area contributed by atoms with Gasteiger partial charge in [0.15, 0.2) is 11.5 Å². The van der Waals surface area contributed by atoms with Gasteiger partial charge in [0.2, 0.25) is 0 Å². The summed E-state index contributed by atoms with van der Waals surface area (Å²) in [5.74, 6) is -1.57. The number of fused-ring (bicyclic) bond motifs is 1. The van der Waals surface area contributed by atoms with Crippen LogP contribution < -0.4 is 10.6 Å². The lowest BCUT2D eigenvalue weighted by Gasteiger charge is -2.18. The smallest absolute Gasteiger partial charge is 0.350 e. The number of pyridine rings is 2. The molecule has 8 nitrogen and oxygen atoms in total. The van der Waals surface area contributed by atoms with Gasteiger partial charge in [-0.3, -0.25) is 14.6 Å². The van der Waals surface area contributed by atoms with E-state index >= 15 is 0 Å². The number of carbonyl (C=O) groups is 2. The predicted octanol–water partition coefficient (Wildman–Crippen LogP) is 5.19. The fraction of sp³-hybridized carbons (Fsp3) is 0.208. The lowest BCUT2D eigenvalue weighted by atomic mass is 10.0. The number of rotatable bonds is 5. The Balaban J connectivity index is 1.87. The summed E-state index contributed by atoms with van der Waals surface area (Å²) in [6.45, 7) is 5.21. The van der Waals surface area contributed by atoms with E-state index in [1.807, 2.05) is 0 Å². The number of carbonyl (C=O) groups excluding carboxylic acids is 2. The molecule has 0 atom stereocenters. The molecule has 1 aromatic carbocycles. The van der Waals surface area contributed by atoms with E-state index in [1.54, 1.807) is 45.2 Å². The predicted molar refractivity (Wildman–Crippen MR) is 128 cm³/mol. The molecule has 0 saturated carbocycles. The molecular weight excluding hydrogens is 497 g/mol. The van der Waals surface area contributed by atoms with Gasteiger partial charge in [-0.05, 0) is 50.6 Å². The molecule has 0 unspecified atom stereocenters. The molecule has 4 aromatic rings. The van der Waals surface area contributed by atoms with Gasteiger partial charge in [-0.25, -0.2) is 9.67 Å². The number of amides is 2. The van der Waals surface area contributed by atoms with Crippen molar-refractivity contribution in [2.75, 3.05) is 5.32 Å². The lowest BCUT2D eigenvalue weighted by Crippen LogP contribution is -2.31. The minimum absolute atomic E-state index is 0.00617. The van der Waals surface area contributed by atoms with Gasteiger partial charge in [0.1, 0.15) is 5.69 Å². The Morgan fingerprint density at radius 1 is 1.06 bits per heavy atom. The van der Waals surface area contributed by atoms with Crippen molar-refractivity contribution in [1.29, 1.82) is 0 Å². The average Bonchev–Trinajstić information content (AvgIpc) is 3.25. The van der Waals surface area contributed by atoms with E-state index in [4.69, 9.17) is 11.6 Å². The average molecular weight is 517 g/mol. The van der Waals surface area contributed by atoms with Crippen LogP contribution in [0.25, 0.3) is 16.7 Å². The molecule has 4 rings (SSSR count). The number of alkyl halides is 3. The highest BCUT2D eigenvalue weighted by atomic mass is 35.5. The second-order valence-electron chi connectivity index (χ2n) is 8.23. The first kappa shape index (κ1) is 25.1. The van der Waals surface area contributed by atoms with Crippen LogP contribution in [-0.4, -0.2) is 37.6 Å². The largest absolute Gasteiger partial charge is 0.435 e. The number of nitrogens with zero attached hydrogens (tertiary/aromatic N) is 4. The van der Waals surface area contributed by atoms with Gasteiger partial charge in [-0.2, -0.15) is 18.3 Å². The Morgan fingerprint density at radius 3 is 2.42 bits per heavy atom. The van der Waals surface area contributed by atoms with Gasteiger partial charge in [0.05, 0.1) is 21.8 Å². The molecular formula is C24H20ClF3N6O2. The Hall–Kier alpha value is -3.99. The highest BCUT2D eigenvalue weighted by Gasteiger charge is 2.37. The Labute approximate surface area is 208 Å². The molecule has 0 radical (unpaired) electrons. The SMILES string of the molecule is Cc1cc2ncccc2c(C(=O)NC(C)C)c1NC(=O)c1cc(C(F)(F)F)nn1-c1ncccc1Cl. The third-order valence-electron chi connectivity index (χ3n) is 5.16. The zero-order valence-electron chi connectivity index (χ0n) is 19.3. The maximum atomic E-state index is 13.5. The number of aryl methyl sites for hydroxylation is 1. The van der Waals surface area contributed by atoms with Crippen LogP contribution in [0.1, 0.15) is 46.0 Å². The third kappa shape index (κ3) is 4.87. The van der Waals surface area contributed by atoms with Gasteiger partial charge in [-0.1, -0.05) is 17.7 Å². The van der Waals surface area contributed by atoms with Crippen molar-refractivity contribution in [1.82, 2.24) is 25.1 Å². The fourth-order valence-corrected chi connectivity index (χ4v) is 3.84. The number of hydrogen-bond donors (Lipinski definition) is 2. The first-order chi connectivity index (χ1) is 17.0. The molecule has 0 fully saturated rings. The number of anilines is 1. The Bertz CT molecular complexity index is 1480. The zero-order chi connectivity index (χ0) is 26.2. The van der Waals surface area contributed by atoms with Crippen molar-refractivity contribution < 1.29 is 22.8 Å². The Kier molecular flexibility index (Phi) is 6.68. The van der Waals surface area contributed by atoms with Crippen molar-refractivity contribution in [3.8, 4) is 5.82 Å². The van der Waals surface area contributed by atoms with E-state index in [0.717, 1.165) is 4.68 Å². The molecule has 0 saturated heterocycles. The summed E-state index contributed by atoms with van der Waals surface area (Å²) < 4.78 is 41.2. The van der Waals surface area contributed by atoms with Gasteiger partial charge < -0.3 is 10.6 Å². The second-order valence-corrected chi connectivity index (χ2v) is 8.64. The van der Waals surface area contributed by atoms with Gasteiger partial charge in [-0.15, -0.1) is 0 Å². The van der Waals surface area contributed by atoms with Gasteiger partial charge in [0.25, 0.3) is 11.8 Å². The first-order valence-corrected chi connectivity index (χ1v) is 11.1. The van der Waals surface area contributed by atoms with E-state index in [9.17, 15) is 22.8 Å². The Morgan fingerprint density at radius 2 is 1.75 bits per heavy atom. The maximum Gasteiger partial charge on any atom is 0.435 e. The summed E-state index contributed by atoms with van der Waals surface area (Å²) in [6.07, 6.45) is -1.95. The molecule has 3 aromatic heterocycles. The van der Waals surface area contributed by atoms with Gasteiger partial charge in [0, 0.05) is 29.9 Å². The fourth-order valence-electron chi connectivity index (χ4n) is 3.64. The maximum absolute atomic E-state index is 13.5.